The number of hydrogen-bond donors (Lipinski definition) is 1. The molecular formula is C21H27N3O3. The van der Waals surface area contributed by atoms with Crippen molar-refractivity contribution in [3.63, 3.8) is 0 Å². The highest BCUT2D eigenvalue weighted by Crippen LogP contribution is 2.22. The van der Waals surface area contributed by atoms with Gasteiger partial charge >= 0.3 is 5.97 Å². The molecule has 1 fully saturated rings. The van der Waals surface area contributed by atoms with Crippen LogP contribution < -0.4 is 4.74 Å². The minimum Gasteiger partial charge on any atom is -0.494 e. The number of nitrogens with zero attached hydrogens (tertiary/aromatic N) is 2. The minimum absolute atomic E-state index is 0.335. The lowest BCUT2D eigenvalue weighted by atomic mass is 10.2. The second-order valence-corrected chi connectivity index (χ2v) is 6.68. The summed E-state index contributed by atoms with van der Waals surface area (Å²) in [6.07, 6.45) is 6.35. The van der Waals surface area contributed by atoms with Crippen molar-refractivity contribution in [1.29, 1.82) is 0 Å². The number of carbonyl (C=O) groups excluding carboxylic acids is 1. The highest BCUT2D eigenvalue weighted by molar-refractivity contribution is 5.95. The average molecular weight is 369 g/mol. The van der Waals surface area contributed by atoms with Gasteiger partial charge in [0.25, 0.3) is 0 Å². The Hall–Kier alpha value is -2.49. The predicted octanol–water partition coefficient (Wildman–Crippen LogP) is 2.36. The van der Waals surface area contributed by atoms with Gasteiger partial charge in [0.15, 0.2) is 0 Å². The molecule has 1 aliphatic heterocycles. The summed E-state index contributed by atoms with van der Waals surface area (Å²) < 4.78 is 10.9. The number of rotatable bonds is 8. The molecule has 0 aliphatic carbocycles. The number of piperazine rings is 1. The Kier molecular flexibility index (Phi) is 6.74. The van der Waals surface area contributed by atoms with Crippen LogP contribution in [0.3, 0.4) is 0 Å². The predicted molar refractivity (Wildman–Crippen MR) is 106 cm³/mol. The van der Waals surface area contributed by atoms with Gasteiger partial charge in [0.2, 0.25) is 0 Å². The fraction of sp³-hybridized carbons (Fsp3) is 0.476. The quantitative estimate of drug-likeness (QED) is 0.440. The van der Waals surface area contributed by atoms with Crippen LogP contribution in [0.4, 0.5) is 0 Å². The number of terminal acetylenes is 1. The van der Waals surface area contributed by atoms with Crippen molar-refractivity contribution >= 4 is 16.9 Å². The highest BCUT2D eigenvalue weighted by atomic mass is 16.5. The minimum atomic E-state index is -0.335. The second kappa shape index (κ2) is 9.45. The Morgan fingerprint density at radius 3 is 2.74 bits per heavy atom. The van der Waals surface area contributed by atoms with E-state index in [-0.39, 0.29) is 5.97 Å². The van der Waals surface area contributed by atoms with Crippen LogP contribution in [0.1, 0.15) is 23.8 Å². The highest BCUT2D eigenvalue weighted by Gasteiger charge is 2.15. The van der Waals surface area contributed by atoms with Crippen molar-refractivity contribution in [3.8, 4) is 18.1 Å². The van der Waals surface area contributed by atoms with E-state index < -0.39 is 0 Å². The van der Waals surface area contributed by atoms with E-state index in [1.807, 2.05) is 18.2 Å². The van der Waals surface area contributed by atoms with E-state index in [0.29, 0.717) is 18.9 Å². The van der Waals surface area contributed by atoms with Crippen LogP contribution in [0.15, 0.2) is 24.3 Å². The first-order valence-corrected chi connectivity index (χ1v) is 9.50. The van der Waals surface area contributed by atoms with E-state index in [1.165, 1.54) is 0 Å². The van der Waals surface area contributed by atoms with Crippen molar-refractivity contribution in [2.75, 3.05) is 52.5 Å². The zero-order chi connectivity index (χ0) is 19.1. The Morgan fingerprint density at radius 1 is 1.22 bits per heavy atom. The van der Waals surface area contributed by atoms with Gasteiger partial charge in [0.05, 0.1) is 19.8 Å². The van der Waals surface area contributed by atoms with Gasteiger partial charge in [-0.25, -0.2) is 4.79 Å². The van der Waals surface area contributed by atoms with Gasteiger partial charge in [-0.05, 0) is 37.6 Å². The molecule has 0 atom stereocenters. The fourth-order valence-corrected chi connectivity index (χ4v) is 3.30. The molecule has 0 unspecified atom stereocenters. The summed E-state index contributed by atoms with van der Waals surface area (Å²) in [5, 5.41) is 0.945. The number of aromatic nitrogens is 1. The summed E-state index contributed by atoms with van der Waals surface area (Å²) in [5.74, 6) is 3.19. The Balaban J connectivity index is 1.44. The molecule has 3 rings (SSSR count). The average Bonchev–Trinajstić information content (AvgIpc) is 3.10. The van der Waals surface area contributed by atoms with Crippen molar-refractivity contribution in [2.45, 2.75) is 13.3 Å². The molecule has 1 N–H and O–H groups in total. The molecule has 27 heavy (non-hydrogen) atoms. The molecule has 1 aromatic carbocycles. The van der Waals surface area contributed by atoms with Gasteiger partial charge in [-0.2, -0.15) is 0 Å². The van der Waals surface area contributed by atoms with Gasteiger partial charge in [-0.15, -0.1) is 6.42 Å². The molecule has 2 heterocycles. The molecule has 6 nitrogen and oxygen atoms in total. The summed E-state index contributed by atoms with van der Waals surface area (Å²) in [4.78, 5) is 19.7. The zero-order valence-corrected chi connectivity index (χ0v) is 15.9. The fourth-order valence-electron chi connectivity index (χ4n) is 3.30. The summed E-state index contributed by atoms with van der Waals surface area (Å²) in [6.45, 7) is 8.81. The van der Waals surface area contributed by atoms with Crippen molar-refractivity contribution < 1.29 is 14.3 Å². The summed E-state index contributed by atoms with van der Waals surface area (Å²) in [7, 11) is 0. The van der Waals surface area contributed by atoms with Crippen LogP contribution in [0.25, 0.3) is 10.9 Å². The molecule has 144 valence electrons. The first kappa shape index (κ1) is 19.3. The van der Waals surface area contributed by atoms with Crippen LogP contribution in [0.2, 0.25) is 0 Å². The van der Waals surface area contributed by atoms with Crippen LogP contribution >= 0.6 is 0 Å². The molecule has 2 aromatic rings. The lowest BCUT2D eigenvalue weighted by Crippen LogP contribution is -2.46. The number of nitrogens with one attached hydrogen (secondary N) is 1. The van der Waals surface area contributed by atoms with Crippen molar-refractivity contribution in [1.82, 2.24) is 14.8 Å². The van der Waals surface area contributed by atoms with E-state index >= 15 is 0 Å². The molecule has 1 aromatic heterocycles. The first-order valence-electron chi connectivity index (χ1n) is 9.50. The van der Waals surface area contributed by atoms with E-state index in [2.05, 4.69) is 20.7 Å². The molecule has 0 amide bonds. The van der Waals surface area contributed by atoms with Crippen molar-refractivity contribution in [3.05, 3.63) is 30.0 Å². The normalized spacial score (nSPS) is 15.6. The van der Waals surface area contributed by atoms with Crippen LogP contribution in [0.5, 0.6) is 5.75 Å². The number of aromatic amines is 1. The number of benzene rings is 1. The van der Waals surface area contributed by atoms with Gasteiger partial charge in [0.1, 0.15) is 11.4 Å². The molecule has 0 bridgehead atoms. The molecule has 1 aliphatic rings. The third kappa shape index (κ3) is 5.25. The molecular weight excluding hydrogens is 342 g/mol. The van der Waals surface area contributed by atoms with Gasteiger partial charge < -0.3 is 19.4 Å². The number of fused-ring (bicyclic) bond motifs is 1. The standard InChI is InChI=1S/C21H27N3O3/c1-3-8-23-10-12-24(13-11-23)9-5-14-27-18-6-7-19-17(15-18)16-20(22-19)21(25)26-4-2/h1,6-7,15-16,22H,4-5,8-14H2,2H3. The van der Waals surface area contributed by atoms with Crippen molar-refractivity contribution in [2.24, 2.45) is 0 Å². The van der Waals surface area contributed by atoms with E-state index in [9.17, 15) is 4.79 Å². The van der Waals surface area contributed by atoms with Gasteiger partial charge in [0, 0.05) is 43.6 Å². The van der Waals surface area contributed by atoms with E-state index in [0.717, 1.165) is 62.3 Å². The van der Waals surface area contributed by atoms with Crippen LogP contribution in [0, 0.1) is 12.3 Å². The summed E-state index contributed by atoms with van der Waals surface area (Å²) >= 11 is 0. The number of esters is 1. The third-order valence-electron chi connectivity index (χ3n) is 4.75. The molecule has 0 spiro atoms. The smallest absolute Gasteiger partial charge is 0.354 e. The Bertz CT molecular complexity index is 801. The monoisotopic (exact) mass is 369 g/mol. The van der Waals surface area contributed by atoms with Gasteiger partial charge in [-0.1, -0.05) is 5.92 Å². The lowest BCUT2D eigenvalue weighted by Gasteiger charge is -2.33. The van der Waals surface area contributed by atoms with E-state index in [1.54, 1.807) is 13.0 Å². The largest absolute Gasteiger partial charge is 0.494 e. The third-order valence-corrected chi connectivity index (χ3v) is 4.75. The maximum absolute atomic E-state index is 11.8. The zero-order valence-electron chi connectivity index (χ0n) is 15.9. The molecule has 0 radical (unpaired) electrons. The summed E-state index contributed by atoms with van der Waals surface area (Å²) in [6, 6.07) is 7.60. The summed E-state index contributed by atoms with van der Waals surface area (Å²) in [5.41, 5.74) is 1.36. The van der Waals surface area contributed by atoms with E-state index in [4.69, 9.17) is 15.9 Å². The molecule has 6 heteroatoms. The second-order valence-electron chi connectivity index (χ2n) is 6.68. The number of ether oxygens (including phenoxy) is 2. The first-order chi connectivity index (χ1) is 13.2. The van der Waals surface area contributed by atoms with Crippen LogP contribution in [-0.2, 0) is 4.74 Å². The number of carbonyl (C=O) groups is 1. The molecule has 1 saturated heterocycles. The van der Waals surface area contributed by atoms with Gasteiger partial charge in [-0.3, -0.25) is 4.90 Å². The maximum atomic E-state index is 11.8. The Labute approximate surface area is 160 Å². The lowest BCUT2D eigenvalue weighted by molar-refractivity contribution is 0.0520. The number of H-pyrrole nitrogens is 1. The van der Waals surface area contributed by atoms with Crippen LogP contribution in [-0.4, -0.2) is 73.2 Å². The Morgan fingerprint density at radius 2 is 2.00 bits per heavy atom. The molecule has 0 saturated carbocycles. The topological polar surface area (TPSA) is 57.8 Å². The SMILES string of the molecule is C#CCN1CCN(CCCOc2ccc3[nH]c(C(=O)OCC)cc3c2)CC1. The number of hydrogen-bond acceptors (Lipinski definition) is 5. The maximum Gasteiger partial charge on any atom is 0.354 e.